The molecule has 2 aromatic carbocycles. The Balaban J connectivity index is 1.73. The van der Waals surface area contributed by atoms with Crippen LogP contribution in [0.3, 0.4) is 0 Å². The van der Waals surface area contributed by atoms with Crippen molar-refractivity contribution in [3.63, 3.8) is 0 Å². The summed E-state index contributed by atoms with van der Waals surface area (Å²) in [4.78, 5) is 22.9. The molecule has 0 heterocycles. The molecule has 25 heavy (non-hydrogen) atoms. The molecule has 0 atom stereocenters. The number of hydrogen-bond donors (Lipinski definition) is 1. The fourth-order valence-electron chi connectivity index (χ4n) is 3.12. The summed E-state index contributed by atoms with van der Waals surface area (Å²) in [5.41, 5.74) is 1.57. The van der Waals surface area contributed by atoms with Crippen molar-refractivity contribution in [2.75, 3.05) is 6.54 Å². The van der Waals surface area contributed by atoms with E-state index in [0.29, 0.717) is 20.7 Å². The highest BCUT2D eigenvalue weighted by molar-refractivity contribution is 14.1. The van der Waals surface area contributed by atoms with Gasteiger partial charge in [-0.05, 0) is 59.2 Å². The van der Waals surface area contributed by atoms with Crippen molar-refractivity contribution < 1.29 is 9.72 Å². The predicted octanol–water partition coefficient (Wildman–Crippen LogP) is 4.70. The predicted molar refractivity (Wildman–Crippen MR) is 105 cm³/mol. The first-order chi connectivity index (χ1) is 11.9. The van der Waals surface area contributed by atoms with Crippen molar-refractivity contribution in [3.8, 4) is 0 Å². The molecule has 2 aromatic rings. The number of non-ortho nitro benzene ring substituents is 1. The number of benzene rings is 2. The summed E-state index contributed by atoms with van der Waals surface area (Å²) in [6.07, 6.45) is 3.17. The van der Waals surface area contributed by atoms with Crippen LogP contribution in [0.15, 0.2) is 42.5 Å². The van der Waals surface area contributed by atoms with Crippen molar-refractivity contribution in [2.24, 2.45) is 0 Å². The van der Waals surface area contributed by atoms with Gasteiger partial charge in [0.05, 0.1) is 10.5 Å². The maximum absolute atomic E-state index is 12.5. The van der Waals surface area contributed by atoms with Crippen LogP contribution in [-0.4, -0.2) is 17.4 Å². The third-order valence-electron chi connectivity index (χ3n) is 4.76. The first kappa shape index (κ1) is 18.1. The van der Waals surface area contributed by atoms with E-state index >= 15 is 0 Å². The summed E-state index contributed by atoms with van der Waals surface area (Å²) in [5.74, 6) is -0.209. The second kappa shape index (κ2) is 7.29. The standard InChI is InChI=1S/C18H16ClIN2O3/c19-13-4-2-12(3-5-13)18(8-1-9-18)11-21-17(23)15-7-6-14(22(24)25)10-16(15)20/h2-7,10H,1,8-9,11H2,(H,21,23). The Morgan fingerprint density at radius 3 is 2.44 bits per heavy atom. The minimum atomic E-state index is -0.465. The summed E-state index contributed by atoms with van der Waals surface area (Å²) in [5, 5.41) is 14.5. The highest BCUT2D eigenvalue weighted by atomic mass is 127. The highest BCUT2D eigenvalue weighted by Crippen LogP contribution is 2.43. The lowest BCUT2D eigenvalue weighted by atomic mass is 9.64. The SMILES string of the molecule is O=C(NCC1(c2ccc(Cl)cc2)CCC1)c1ccc([N+](=O)[O-])cc1I. The van der Waals surface area contributed by atoms with E-state index in [1.165, 1.54) is 23.8 Å². The van der Waals surface area contributed by atoms with E-state index in [9.17, 15) is 14.9 Å². The van der Waals surface area contributed by atoms with Gasteiger partial charge in [-0.2, -0.15) is 0 Å². The van der Waals surface area contributed by atoms with Gasteiger partial charge in [0.25, 0.3) is 11.6 Å². The van der Waals surface area contributed by atoms with Crippen LogP contribution >= 0.6 is 34.2 Å². The molecule has 0 radical (unpaired) electrons. The topological polar surface area (TPSA) is 72.2 Å². The van der Waals surface area contributed by atoms with E-state index in [-0.39, 0.29) is 17.0 Å². The second-order valence-corrected chi connectivity index (χ2v) is 7.84. The van der Waals surface area contributed by atoms with E-state index in [1.54, 1.807) is 0 Å². The van der Waals surface area contributed by atoms with Crippen molar-refractivity contribution in [2.45, 2.75) is 24.7 Å². The number of nitrogens with zero attached hydrogens (tertiary/aromatic N) is 1. The molecule has 1 amide bonds. The Morgan fingerprint density at radius 1 is 1.24 bits per heavy atom. The number of nitrogens with one attached hydrogen (secondary N) is 1. The lowest BCUT2D eigenvalue weighted by Crippen LogP contribution is -2.45. The van der Waals surface area contributed by atoms with Gasteiger partial charge in [-0.25, -0.2) is 0 Å². The quantitative estimate of drug-likeness (QED) is 0.391. The van der Waals surface area contributed by atoms with E-state index in [0.717, 1.165) is 19.3 Å². The summed E-state index contributed by atoms with van der Waals surface area (Å²) in [6.45, 7) is 0.542. The van der Waals surface area contributed by atoms with Gasteiger partial charge in [0, 0.05) is 32.7 Å². The van der Waals surface area contributed by atoms with E-state index in [2.05, 4.69) is 5.32 Å². The van der Waals surface area contributed by atoms with Gasteiger partial charge in [-0.3, -0.25) is 14.9 Å². The highest BCUT2D eigenvalue weighted by Gasteiger charge is 2.38. The first-order valence-electron chi connectivity index (χ1n) is 7.89. The maximum atomic E-state index is 12.5. The summed E-state index contributed by atoms with van der Waals surface area (Å²) in [7, 11) is 0. The van der Waals surface area contributed by atoms with Crippen LogP contribution < -0.4 is 5.32 Å². The van der Waals surface area contributed by atoms with Gasteiger partial charge in [-0.1, -0.05) is 30.2 Å². The largest absolute Gasteiger partial charge is 0.351 e. The number of rotatable bonds is 5. The molecule has 0 saturated heterocycles. The van der Waals surface area contributed by atoms with Crippen molar-refractivity contribution in [1.29, 1.82) is 0 Å². The molecule has 1 saturated carbocycles. The minimum absolute atomic E-state index is 0.0161. The third-order valence-corrected chi connectivity index (χ3v) is 5.91. The molecule has 130 valence electrons. The zero-order valence-corrected chi connectivity index (χ0v) is 16.2. The van der Waals surface area contributed by atoms with Crippen LogP contribution in [0.25, 0.3) is 0 Å². The normalized spacial score (nSPS) is 15.3. The summed E-state index contributed by atoms with van der Waals surface area (Å²) >= 11 is 7.92. The second-order valence-electron chi connectivity index (χ2n) is 6.24. The molecular formula is C18H16ClIN2O3. The molecule has 0 aromatic heterocycles. The zero-order valence-electron chi connectivity index (χ0n) is 13.3. The van der Waals surface area contributed by atoms with Gasteiger partial charge in [0.15, 0.2) is 0 Å². The Bertz CT molecular complexity index is 820. The number of hydrogen-bond acceptors (Lipinski definition) is 3. The van der Waals surface area contributed by atoms with Gasteiger partial charge >= 0.3 is 0 Å². The Morgan fingerprint density at radius 2 is 1.92 bits per heavy atom. The minimum Gasteiger partial charge on any atom is -0.351 e. The number of amides is 1. The first-order valence-corrected chi connectivity index (χ1v) is 9.35. The number of halogens is 2. The molecule has 0 unspecified atom stereocenters. The molecule has 1 aliphatic rings. The van der Waals surface area contributed by atoms with Crippen LogP contribution in [0.4, 0.5) is 5.69 Å². The van der Waals surface area contributed by atoms with Crippen molar-refractivity contribution in [1.82, 2.24) is 5.32 Å². The smallest absolute Gasteiger partial charge is 0.270 e. The van der Waals surface area contributed by atoms with Crippen molar-refractivity contribution >= 4 is 45.8 Å². The fraction of sp³-hybridized carbons (Fsp3) is 0.278. The van der Waals surface area contributed by atoms with Gasteiger partial charge in [-0.15, -0.1) is 0 Å². The molecule has 0 bridgehead atoms. The van der Waals surface area contributed by atoms with Crippen LogP contribution in [-0.2, 0) is 5.41 Å². The van der Waals surface area contributed by atoms with E-state index < -0.39 is 4.92 Å². The molecule has 0 spiro atoms. The molecule has 1 N–H and O–H groups in total. The van der Waals surface area contributed by atoms with Gasteiger partial charge in [0.2, 0.25) is 0 Å². The zero-order chi connectivity index (χ0) is 18.0. The Labute approximate surface area is 164 Å². The molecule has 1 fully saturated rings. The molecule has 7 heteroatoms. The number of carbonyl (C=O) groups excluding carboxylic acids is 1. The van der Waals surface area contributed by atoms with E-state index in [4.69, 9.17) is 11.6 Å². The number of nitro groups is 1. The maximum Gasteiger partial charge on any atom is 0.270 e. The lowest BCUT2D eigenvalue weighted by Gasteiger charge is -2.42. The number of nitro benzene ring substituents is 1. The van der Waals surface area contributed by atoms with Crippen LogP contribution in [0, 0.1) is 13.7 Å². The summed E-state index contributed by atoms with van der Waals surface area (Å²) in [6, 6.07) is 12.1. The third kappa shape index (κ3) is 3.79. The molecular weight excluding hydrogens is 455 g/mol. The summed E-state index contributed by atoms with van der Waals surface area (Å²) < 4.78 is 0.568. The molecule has 0 aliphatic heterocycles. The van der Waals surface area contributed by atoms with Crippen LogP contribution in [0.2, 0.25) is 5.02 Å². The van der Waals surface area contributed by atoms with E-state index in [1.807, 2.05) is 46.9 Å². The Hall–Kier alpha value is -1.67. The number of carbonyl (C=O) groups is 1. The monoisotopic (exact) mass is 470 g/mol. The fourth-order valence-corrected chi connectivity index (χ4v) is 3.99. The average molecular weight is 471 g/mol. The van der Waals surface area contributed by atoms with Gasteiger partial charge < -0.3 is 5.32 Å². The Kier molecular flexibility index (Phi) is 5.29. The molecule has 5 nitrogen and oxygen atoms in total. The average Bonchev–Trinajstić information content (AvgIpc) is 2.55. The van der Waals surface area contributed by atoms with Crippen molar-refractivity contribution in [3.05, 3.63) is 72.3 Å². The molecule has 1 aliphatic carbocycles. The van der Waals surface area contributed by atoms with Gasteiger partial charge in [0.1, 0.15) is 0 Å². The van der Waals surface area contributed by atoms with Crippen LogP contribution in [0.1, 0.15) is 35.2 Å². The lowest BCUT2D eigenvalue weighted by molar-refractivity contribution is -0.384. The molecule has 3 rings (SSSR count). The van der Waals surface area contributed by atoms with Crippen LogP contribution in [0.5, 0.6) is 0 Å².